The molecule has 0 radical (unpaired) electrons. The Morgan fingerprint density at radius 3 is 1.76 bits per heavy atom. The highest BCUT2D eigenvalue weighted by atomic mass is 15.1. The summed E-state index contributed by atoms with van der Waals surface area (Å²) in [5, 5.41) is 0. The number of allylic oxidation sites excluding steroid dienone is 4. The van der Waals surface area contributed by atoms with Gasteiger partial charge in [0.25, 0.3) is 0 Å². The van der Waals surface area contributed by atoms with Crippen molar-refractivity contribution >= 4 is 11.4 Å². The van der Waals surface area contributed by atoms with Gasteiger partial charge in [0.2, 0.25) is 0 Å². The molecule has 0 amide bonds. The molecule has 0 bridgehead atoms. The first-order valence-corrected chi connectivity index (χ1v) is 16.8. The lowest BCUT2D eigenvalue weighted by Gasteiger charge is -2.34. The van der Waals surface area contributed by atoms with Gasteiger partial charge in [0.05, 0.1) is 0 Å². The van der Waals surface area contributed by atoms with Gasteiger partial charge in [-0.1, -0.05) is 136 Å². The number of aryl methyl sites for hydroxylation is 4. The number of rotatable bonds is 13. The Labute approximate surface area is 274 Å². The van der Waals surface area contributed by atoms with E-state index in [1.807, 2.05) is 6.08 Å². The molecule has 0 heterocycles. The smallest absolute Gasteiger partial charge is 0.0490 e. The molecule has 0 fully saturated rings. The van der Waals surface area contributed by atoms with Gasteiger partial charge < -0.3 is 4.90 Å². The van der Waals surface area contributed by atoms with Crippen LogP contribution in [0.15, 0.2) is 128 Å². The Hall–Kier alpha value is -4.10. The highest BCUT2D eigenvalue weighted by Crippen LogP contribution is 2.41. The van der Waals surface area contributed by atoms with Crippen molar-refractivity contribution in [2.75, 3.05) is 4.90 Å². The van der Waals surface area contributed by atoms with Gasteiger partial charge in [-0.25, -0.2) is 0 Å². The molecule has 45 heavy (non-hydrogen) atoms. The molecule has 234 valence electrons. The molecule has 1 nitrogen and oxygen atoms in total. The number of hydrogen-bond donors (Lipinski definition) is 0. The number of benzene rings is 4. The first kappa shape index (κ1) is 33.8. The summed E-state index contributed by atoms with van der Waals surface area (Å²) in [6, 6.07) is 34.0. The van der Waals surface area contributed by atoms with E-state index < -0.39 is 0 Å². The third-order valence-electron chi connectivity index (χ3n) is 10.1. The van der Waals surface area contributed by atoms with Crippen molar-refractivity contribution in [2.45, 2.75) is 91.9 Å². The molecule has 1 heteroatoms. The Kier molecular flexibility index (Phi) is 11.1. The molecular weight excluding hydrogens is 542 g/mol. The minimum atomic E-state index is -0.0194. The van der Waals surface area contributed by atoms with Gasteiger partial charge in [0, 0.05) is 27.9 Å². The molecule has 0 saturated heterocycles. The molecule has 0 aliphatic rings. The fraction of sp³-hybridized carbons (Fsp3) is 0.318. The van der Waals surface area contributed by atoms with Crippen LogP contribution < -0.4 is 4.90 Å². The van der Waals surface area contributed by atoms with E-state index in [2.05, 4.69) is 176 Å². The molecule has 4 rings (SSSR count). The van der Waals surface area contributed by atoms with Gasteiger partial charge in [-0.15, -0.1) is 0 Å². The van der Waals surface area contributed by atoms with Crippen molar-refractivity contribution in [3.05, 3.63) is 167 Å². The highest BCUT2D eigenvalue weighted by molar-refractivity contribution is 5.73. The van der Waals surface area contributed by atoms with Crippen molar-refractivity contribution in [1.82, 2.24) is 0 Å². The van der Waals surface area contributed by atoms with Crippen molar-refractivity contribution in [3.63, 3.8) is 0 Å². The maximum absolute atomic E-state index is 4.29. The lowest BCUT2D eigenvalue weighted by Crippen LogP contribution is -2.26. The SMILES string of the molecule is C=CC(=CC=CC(CC)(CC)c1cccc(C)c1)N(c1ccc(C(CC)(CC)c2cccc(C)c2)cc1)c1ccc(C)cc1C. The van der Waals surface area contributed by atoms with Crippen LogP contribution in [0.2, 0.25) is 0 Å². The summed E-state index contributed by atoms with van der Waals surface area (Å²) in [5.74, 6) is 0. The summed E-state index contributed by atoms with van der Waals surface area (Å²) < 4.78 is 0. The van der Waals surface area contributed by atoms with Crippen molar-refractivity contribution in [3.8, 4) is 0 Å². The lowest BCUT2D eigenvalue weighted by atomic mass is 9.70. The molecular formula is C44H53N. The van der Waals surface area contributed by atoms with Crippen LogP contribution in [0.1, 0.15) is 92.3 Å². The van der Waals surface area contributed by atoms with E-state index in [1.165, 1.54) is 44.6 Å². The summed E-state index contributed by atoms with van der Waals surface area (Å²) in [7, 11) is 0. The van der Waals surface area contributed by atoms with Crippen LogP contribution in [0.5, 0.6) is 0 Å². The summed E-state index contributed by atoms with van der Waals surface area (Å²) in [6.45, 7) is 22.2. The zero-order valence-electron chi connectivity index (χ0n) is 29.0. The molecule has 0 aromatic heterocycles. The predicted octanol–water partition coefficient (Wildman–Crippen LogP) is 12.5. The molecule has 0 unspecified atom stereocenters. The quantitative estimate of drug-likeness (QED) is 0.139. The monoisotopic (exact) mass is 595 g/mol. The molecule has 0 spiro atoms. The standard InChI is InChI=1S/C44H53N/c1-10-40(22-17-29-43(11-2,12-3)38-20-15-18-33(6)31-38)45(42-28-23-35(8)30-36(42)9)41-26-24-37(25-27-41)44(13-4,14-5)39-21-16-19-34(7)32-39/h10,15-32H,1,11-14H2,2-9H3. The van der Waals surface area contributed by atoms with Crippen molar-refractivity contribution in [1.29, 1.82) is 0 Å². The van der Waals surface area contributed by atoms with Gasteiger partial charge in [-0.2, -0.15) is 0 Å². The average molecular weight is 596 g/mol. The first-order valence-electron chi connectivity index (χ1n) is 16.8. The van der Waals surface area contributed by atoms with Crippen molar-refractivity contribution in [2.24, 2.45) is 0 Å². The molecule has 4 aromatic rings. The lowest BCUT2D eigenvalue weighted by molar-refractivity contribution is 0.478. The summed E-state index contributed by atoms with van der Waals surface area (Å²) in [5.41, 5.74) is 12.6. The summed E-state index contributed by atoms with van der Waals surface area (Å²) in [4.78, 5) is 2.36. The van der Waals surface area contributed by atoms with Crippen LogP contribution in [0, 0.1) is 27.7 Å². The molecule has 0 aliphatic carbocycles. The highest BCUT2D eigenvalue weighted by Gasteiger charge is 2.31. The number of hydrogen-bond acceptors (Lipinski definition) is 1. The topological polar surface area (TPSA) is 3.24 Å². The Balaban J connectivity index is 1.82. The minimum Gasteiger partial charge on any atom is -0.310 e. The second-order valence-electron chi connectivity index (χ2n) is 12.7. The van der Waals surface area contributed by atoms with E-state index in [4.69, 9.17) is 0 Å². The molecule has 0 aliphatic heterocycles. The normalized spacial score (nSPS) is 12.5. The van der Waals surface area contributed by atoms with Crippen LogP contribution in [0.3, 0.4) is 0 Å². The minimum absolute atomic E-state index is 0.0134. The first-order chi connectivity index (χ1) is 21.7. The third kappa shape index (κ3) is 7.09. The van der Waals surface area contributed by atoms with E-state index in [-0.39, 0.29) is 10.8 Å². The second kappa shape index (κ2) is 14.8. The zero-order chi connectivity index (χ0) is 32.6. The maximum Gasteiger partial charge on any atom is 0.0490 e. The van der Waals surface area contributed by atoms with E-state index >= 15 is 0 Å². The summed E-state index contributed by atoms with van der Waals surface area (Å²) >= 11 is 0. The van der Waals surface area contributed by atoms with Crippen LogP contribution in [-0.4, -0.2) is 0 Å². The maximum atomic E-state index is 4.29. The van der Waals surface area contributed by atoms with E-state index in [0.29, 0.717) is 0 Å². The molecule has 0 N–H and O–H groups in total. The Morgan fingerprint density at radius 1 is 0.644 bits per heavy atom. The van der Waals surface area contributed by atoms with Gasteiger partial charge in [-0.05, 0) is 106 Å². The largest absolute Gasteiger partial charge is 0.310 e. The van der Waals surface area contributed by atoms with Crippen LogP contribution in [-0.2, 0) is 10.8 Å². The second-order valence-corrected chi connectivity index (χ2v) is 12.7. The fourth-order valence-corrected chi connectivity index (χ4v) is 7.10. The van der Waals surface area contributed by atoms with Crippen LogP contribution in [0.25, 0.3) is 0 Å². The van der Waals surface area contributed by atoms with E-state index in [0.717, 1.165) is 37.1 Å². The predicted molar refractivity (Wildman–Crippen MR) is 198 cm³/mol. The average Bonchev–Trinajstić information content (AvgIpc) is 3.05. The third-order valence-corrected chi connectivity index (χ3v) is 10.1. The van der Waals surface area contributed by atoms with Crippen LogP contribution in [0.4, 0.5) is 11.4 Å². The Morgan fingerprint density at radius 2 is 1.22 bits per heavy atom. The molecule has 0 saturated carbocycles. The fourth-order valence-electron chi connectivity index (χ4n) is 7.10. The van der Waals surface area contributed by atoms with Gasteiger partial charge >= 0.3 is 0 Å². The molecule has 4 aromatic carbocycles. The zero-order valence-corrected chi connectivity index (χ0v) is 29.0. The van der Waals surface area contributed by atoms with Gasteiger partial charge in [0.15, 0.2) is 0 Å². The molecule has 0 atom stereocenters. The van der Waals surface area contributed by atoms with Gasteiger partial charge in [0.1, 0.15) is 0 Å². The number of nitrogens with zero attached hydrogens (tertiary/aromatic N) is 1. The Bertz CT molecular complexity index is 1640. The summed E-state index contributed by atoms with van der Waals surface area (Å²) in [6.07, 6.45) is 13.0. The van der Waals surface area contributed by atoms with Crippen molar-refractivity contribution < 1.29 is 0 Å². The van der Waals surface area contributed by atoms with Gasteiger partial charge in [-0.3, -0.25) is 0 Å². The number of anilines is 2. The van der Waals surface area contributed by atoms with Crippen LogP contribution >= 0.6 is 0 Å². The van der Waals surface area contributed by atoms with E-state index in [1.54, 1.807) is 0 Å². The van der Waals surface area contributed by atoms with E-state index in [9.17, 15) is 0 Å².